The molecule has 162 valence electrons. The third-order valence-electron chi connectivity index (χ3n) is 3.69. The number of ether oxygens (including phenoxy) is 2. The summed E-state index contributed by atoms with van der Waals surface area (Å²) in [6, 6.07) is 3.70. The van der Waals surface area contributed by atoms with Crippen LogP contribution in [0.15, 0.2) is 12.1 Å². The summed E-state index contributed by atoms with van der Waals surface area (Å²) in [5.74, 6) is 1.36. The van der Waals surface area contributed by atoms with Gasteiger partial charge < -0.3 is 14.4 Å². The van der Waals surface area contributed by atoms with Gasteiger partial charge in [0, 0.05) is 19.2 Å². The van der Waals surface area contributed by atoms with Crippen molar-refractivity contribution in [2.75, 3.05) is 31.2 Å². The van der Waals surface area contributed by atoms with Crippen molar-refractivity contribution in [1.82, 2.24) is 0 Å². The average Bonchev–Trinajstić information content (AvgIpc) is 2.82. The van der Waals surface area contributed by atoms with E-state index in [2.05, 4.69) is 9.88 Å². The van der Waals surface area contributed by atoms with Gasteiger partial charge in [0.05, 0.1) is 25.0 Å². The Morgan fingerprint density at radius 2 is 1.36 bits per heavy atom. The molecule has 1 saturated heterocycles. The van der Waals surface area contributed by atoms with Gasteiger partial charge in [-0.1, -0.05) is 12.8 Å². The van der Waals surface area contributed by atoms with Crippen molar-refractivity contribution >= 4 is 19.2 Å². The predicted octanol–water partition coefficient (Wildman–Crippen LogP) is 7.73. The fraction of sp³-hybridized carbons (Fsp3) is 0.625. The third kappa shape index (κ3) is 10.4. The Morgan fingerprint density at radius 3 is 1.79 bits per heavy atom. The minimum absolute atomic E-state index is 0.416. The topological polar surface area (TPSA) is 49.9 Å². The van der Waals surface area contributed by atoms with Crippen LogP contribution in [0.5, 0.6) is 11.5 Å². The first-order chi connectivity index (χ1) is 12.7. The maximum absolute atomic E-state index is 10.7. The number of halogens is 6. The molecule has 1 aromatic rings. The van der Waals surface area contributed by atoms with Crippen LogP contribution < -0.4 is 14.4 Å². The molecule has 1 aliphatic rings. The molecular weight excluding hydrogens is 411 g/mol. The molecule has 12 heteroatoms. The Bertz CT molecular complexity index is 687. The van der Waals surface area contributed by atoms with E-state index in [1.807, 2.05) is 19.9 Å². The van der Waals surface area contributed by atoms with Gasteiger partial charge in [-0.05, 0) is 26.7 Å². The Hall–Kier alpha value is -1.95. The summed E-state index contributed by atoms with van der Waals surface area (Å²) in [6.07, 6.45) is 4.95. The van der Waals surface area contributed by atoms with E-state index in [1.165, 1.54) is 25.7 Å². The molecule has 1 aromatic carbocycles. The summed E-state index contributed by atoms with van der Waals surface area (Å²) >= 11 is 0. The quantitative estimate of drug-likeness (QED) is 0.270. The molecule has 0 N–H and O–H groups in total. The van der Waals surface area contributed by atoms with E-state index in [-0.39, 0.29) is 0 Å². The summed E-state index contributed by atoms with van der Waals surface area (Å²) in [7, 11) is -10.7. The SMILES string of the molecule is CCOc1cc(N2CCCCCC2)c(OCC)cc1[N+]#N.F[P-](F)(F)(F)(F)F. The molecule has 0 radical (unpaired) electrons. The second-order valence-electron chi connectivity index (χ2n) is 6.11. The standard InChI is InChI=1S/C16H24N3O2.F6P/c1-3-20-15-12-14(19-9-7-5-6-8-10-19)16(21-4-2)11-13(15)18-17;1-7(2,3,4,5)6/h11-12H,3-10H2,1-2H3;/q+1;-1. The molecule has 2 rings (SSSR count). The van der Waals surface area contributed by atoms with Gasteiger partial charge in [0.15, 0.2) is 10.7 Å². The molecule has 0 saturated carbocycles. The monoisotopic (exact) mass is 435 g/mol. The number of hydrogen-bond donors (Lipinski definition) is 0. The van der Waals surface area contributed by atoms with Gasteiger partial charge in [-0.2, -0.15) is 0 Å². The number of benzene rings is 1. The van der Waals surface area contributed by atoms with Crippen LogP contribution in [0.25, 0.3) is 4.98 Å². The average molecular weight is 435 g/mol. The summed E-state index contributed by atoms with van der Waals surface area (Å²) in [6.45, 7) is 7.06. The van der Waals surface area contributed by atoms with E-state index < -0.39 is 7.81 Å². The van der Waals surface area contributed by atoms with Crippen molar-refractivity contribution in [2.45, 2.75) is 39.5 Å². The van der Waals surface area contributed by atoms with Gasteiger partial charge in [0.1, 0.15) is 0 Å². The second kappa shape index (κ2) is 8.60. The third-order valence-corrected chi connectivity index (χ3v) is 3.69. The Balaban J connectivity index is 0.000000480. The van der Waals surface area contributed by atoms with Crippen LogP contribution in [0.4, 0.5) is 36.6 Å². The molecule has 0 bridgehead atoms. The van der Waals surface area contributed by atoms with Crippen LogP contribution in [-0.2, 0) is 0 Å². The van der Waals surface area contributed by atoms with Gasteiger partial charge in [0.25, 0.3) is 0 Å². The van der Waals surface area contributed by atoms with Crippen molar-refractivity contribution in [3.05, 3.63) is 17.1 Å². The zero-order chi connectivity index (χ0) is 21.5. The zero-order valence-electron chi connectivity index (χ0n) is 15.7. The van der Waals surface area contributed by atoms with E-state index in [0.717, 1.165) is 24.5 Å². The fourth-order valence-electron chi connectivity index (χ4n) is 2.72. The molecule has 0 amide bonds. The van der Waals surface area contributed by atoms with Gasteiger partial charge in [-0.15, -0.1) is 0 Å². The molecule has 1 aliphatic heterocycles. The first-order valence-corrected chi connectivity index (χ1v) is 10.9. The van der Waals surface area contributed by atoms with E-state index >= 15 is 0 Å². The Labute approximate surface area is 159 Å². The molecule has 0 spiro atoms. The molecule has 5 nitrogen and oxygen atoms in total. The van der Waals surface area contributed by atoms with Crippen molar-refractivity contribution < 1.29 is 34.7 Å². The Kier molecular flexibility index (Phi) is 7.40. The molecule has 0 atom stereocenters. The summed E-state index contributed by atoms with van der Waals surface area (Å²) in [5.41, 5.74) is 1.45. The van der Waals surface area contributed by atoms with Crippen LogP contribution in [0, 0.1) is 5.39 Å². The molecular formula is C16H24F6N3O2P. The second-order valence-corrected chi connectivity index (χ2v) is 8.03. The maximum atomic E-state index is 9.87. The van der Waals surface area contributed by atoms with E-state index in [9.17, 15) is 25.2 Å². The normalized spacial score (nSPS) is 17.2. The summed E-state index contributed by atoms with van der Waals surface area (Å²) < 4.78 is 70.5. The number of nitrogens with zero attached hydrogens (tertiary/aromatic N) is 3. The molecule has 28 heavy (non-hydrogen) atoms. The Morgan fingerprint density at radius 1 is 0.893 bits per heavy atom. The molecule has 0 unspecified atom stereocenters. The van der Waals surface area contributed by atoms with Gasteiger partial charge in [0.2, 0.25) is 11.1 Å². The summed E-state index contributed by atoms with van der Waals surface area (Å²) in [5, 5.41) is 9.16. The number of hydrogen-bond acceptors (Lipinski definition) is 4. The molecule has 1 heterocycles. The van der Waals surface area contributed by atoms with Crippen LogP contribution in [0.1, 0.15) is 39.5 Å². The molecule has 0 aliphatic carbocycles. The van der Waals surface area contributed by atoms with E-state index in [0.29, 0.717) is 24.7 Å². The van der Waals surface area contributed by atoms with Gasteiger partial charge >= 0.3 is 38.7 Å². The van der Waals surface area contributed by atoms with Gasteiger partial charge in [-0.25, -0.2) is 0 Å². The molecule has 1 fully saturated rings. The van der Waals surface area contributed by atoms with Crippen molar-refractivity contribution in [2.24, 2.45) is 0 Å². The summed E-state index contributed by atoms with van der Waals surface area (Å²) in [4.78, 5) is 5.66. The molecule has 0 aromatic heterocycles. The van der Waals surface area contributed by atoms with E-state index in [1.54, 1.807) is 6.07 Å². The van der Waals surface area contributed by atoms with E-state index in [4.69, 9.17) is 14.9 Å². The van der Waals surface area contributed by atoms with Crippen molar-refractivity contribution in [3.8, 4) is 11.5 Å². The van der Waals surface area contributed by atoms with Crippen molar-refractivity contribution in [3.63, 3.8) is 0 Å². The van der Waals surface area contributed by atoms with Crippen molar-refractivity contribution in [1.29, 1.82) is 5.39 Å². The minimum atomic E-state index is -10.7. The zero-order valence-corrected chi connectivity index (χ0v) is 16.6. The fourth-order valence-corrected chi connectivity index (χ4v) is 2.72. The predicted molar refractivity (Wildman–Crippen MR) is 97.8 cm³/mol. The van der Waals surface area contributed by atoms with Crippen LogP contribution >= 0.6 is 7.81 Å². The number of anilines is 1. The number of diazo groups is 1. The van der Waals surface area contributed by atoms with Crippen LogP contribution in [-0.4, -0.2) is 26.3 Å². The first-order valence-electron chi connectivity index (χ1n) is 8.85. The first kappa shape index (κ1) is 24.1. The van der Waals surface area contributed by atoms with Crippen LogP contribution in [0.3, 0.4) is 0 Å². The number of rotatable bonds is 5. The van der Waals surface area contributed by atoms with Gasteiger partial charge in [-0.3, -0.25) is 0 Å². The van der Waals surface area contributed by atoms with Crippen LogP contribution in [0.2, 0.25) is 0 Å².